The van der Waals surface area contributed by atoms with E-state index in [9.17, 15) is 4.79 Å². The molecule has 2 fully saturated rings. The predicted molar refractivity (Wildman–Crippen MR) is 120 cm³/mol. The second-order valence-corrected chi connectivity index (χ2v) is 8.33. The number of guanidine groups is 1. The maximum atomic E-state index is 12.5. The average Bonchev–Trinajstić information content (AvgIpc) is 3.32. The van der Waals surface area contributed by atoms with Crippen molar-refractivity contribution in [2.45, 2.75) is 44.9 Å². The van der Waals surface area contributed by atoms with Crippen LogP contribution in [0.15, 0.2) is 35.3 Å². The van der Waals surface area contributed by atoms with Crippen LogP contribution in [0.4, 0.5) is 0 Å². The monoisotopic (exact) mass is 415 g/mol. The van der Waals surface area contributed by atoms with Gasteiger partial charge in [0, 0.05) is 59.0 Å². The molecule has 1 amide bonds. The summed E-state index contributed by atoms with van der Waals surface area (Å²) in [5, 5.41) is 3.51. The summed E-state index contributed by atoms with van der Waals surface area (Å²) in [6.07, 6.45) is 2.67. The molecule has 0 spiro atoms. The highest BCUT2D eigenvalue weighted by atomic mass is 16.5. The van der Waals surface area contributed by atoms with E-state index >= 15 is 0 Å². The molecule has 166 valence electrons. The molecule has 0 radical (unpaired) electrons. The zero-order valence-electron chi connectivity index (χ0n) is 18.7. The summed E-state index contributed by atoms with van der Waals surface area (Å²) in [4.78, 5) is 23.6. The van der Waals surface area contributed by atoms with E-state index in [1.54, 1.807) is 0 Å². The van der Waals surface area contributed by atoms with Gasteiger partial charge in [-0.2, -0.15) is 0 Å². The summed E-state index contributed by atoms with van der Waals surface area (Å²) in [7, 11) is 4.01. The Morgan fingerprint density at radius 2 is 1.93 bits per heavy atom. The molecule has 0 aromatic heterocycles. The van der Waals surface area contributed by atoms with Gasteiger partial charge < -0.3 is 19.9 Å². The van der Waals surface area contributed by atoms with Gasteiger partial charge in [-0.3, -0.25) is 14.7 Å². The molecule has 0 bridgehead atoms. The lowest BCUT2D eigenvalue weighted by molar-refractivity contribution is -0.142. The van der Waals surface area contributed by atoms with Crippen molar-refractivity contribution in [2.24, 2.45) is 4.99 Å². The largest absolute Gasteiger partial charge is 0.368 e. The van der Waals surface area contributed by atoms with Crippen LogP contribution in [-0.4, -0.2) is 92.1 Å². The lowest BCUT2D eigenvalue weighted by Gasteiger charge is -2.37. The molecular weight excluding hydrogens is 378 g/mol. The Labute approximate surface area is 181 Å². The van der Waals surface area contributed by atoms with Crippen molar-refractivity contribution in [2.75, 3.05) is 53.4 Å². The second-order valence-electron chi connectivity index (χ2n) is 8.33. The van der Waals surface area contributed by atoms with Gasteiger partial charge in [-0.25, -0.2) is 0 Å². The van der Waals surface area contributed by atoms with Gasteiger partial charge in [-0.1, -0.05) is 30.3 Å². The maximum absolute atomic E-state index is 12.5. The topological polar surface area (TPSA) is 60.4 Å². The van der Waals surface area contributed by atoms with Gasteiger partial charge in [0.1, 0.15) is 6.10 Å². The molecule has 1 aromatic rings. The van der Waals surface area contributed by atoms with Crippen LogP contribution in [0.3, 0.4) is 0 Å². The van der Waals surface area contributed by atoms with Crippen molar-refractivity contribution in [1.29, 1.82) is 0 Å². The summed E-state index contributed by atoms with van der Waals surface area (Å²) >= 11 is 0. The third-order valence-electron chi connectivity index (χ3n) is 6.18. The Morgan fingerprint density at radius 3 is 2.57 bits per heavy atom. The molecule has 2 heterocycles. The Balaban J connectivity index is 1.38. The number of carbonyl (C=O) groups is 1. The molecule has 2 unspecified atom stereocenters. The number of carbonyl (C=O) groups excluding carboxylic acids is 1. The van der Waals surface area contributed by atoms with Crippen LogP contribution in [0.2, 0.25) is 0 Å². The number of amides is 1. The summed E-state index contributed by atoms with van der Waals surface area (Å²) in [6.45, 7) is 7.89. The molecular formula is C23H37N5O2. The third kappa shape index (κ3) is 6.19. The normalized spacial score (nSPS) is 21.2. The molecule has 7 heteroatoms. The number of nitrogens with zero attached hydrogens (tertiary/aromatic N) is 4. The maximum Gasteiger partial charge on any atom is 0.251 e. The number of nitrogens with one attached hydrogen (secondary N) is 1. The van der Waals surface area contributed by atoms with Crippen molar-refractivity contribution in [1.82, 2.24) is 20.0 Å². The van der Waals surface area contributed by atoms with Crippen molar-refractivity contribution in [3.8, 4) is 0 Å². The van der Waals surface area contributed by atoms with Gasteiger partial charge in [0.2, 0.25) is 0 Å². The molecule has 1 N–H and O–H groups in total. The van der Waals surface area contributed by atoms with E-state index in [2.05, 4.69) is 64.4 Å². The summed E-state index contributed by atoms with van der Waals surface area (Å²) in [6, 6.07) is 11.1. The van der Waals surface area contributed by atoms with Crippen LogP contribution in [-0.2, 0) is 16.1 Å². The fraction of sp³-hybridized carbons (Fsp3) is 0.652. The first-order valence-electron chi connectivity index (χ1n) is 11.2. The van der Waals surface area contributed by atoms with E-state index in [4.69, 9.17) is 4.74 Å². The third-order valence-corrected chi connectivity index (χ3v) is 6.18. The van der Waals surface area contributed by atoms with Gasteiger partial charge in [0.15, 0.2) is 5.96 Å². The number of aliphatic imine (C=N–C) groups is 1. The van der Waals surface area contributed by atoms with Crippen molar-refractivity contribution >= 4 is 11.9 Å². The molecule has 2 atom stereocenters. The number of hydrogen-bond donors (Lipinski definition) is 1. The average molecular weight is 416 g/mol. The summed E-state index contributed by atoms with van der Waals surface area (Å²) in [5.41, 5.74) is 1.34. The first-order valence-corrected chi connectivity index (χ1v) is 11.2. The molecule has 7 nitrogen and oxygen atoms in total. The van der Waals surface area contributed by atoms with Crippen LogP contribution in [0.5, 0.6) is 0 Å². The number of rotatable bonds is 7. The quantitative estimate of drug-likeness (QED) is 0.544. The Kier molecular flexibility index (Phi) is 8.51. The van der Waals surface area contributed by atoms with E-state index < -0.39 is 0 Å². The van der Waals surface area contributed by atoms with E-state index in [1.165, 1.54) is 5.56 Å². The molecule has 0 saturated carbocycles. The predicted octanol–water partition coefficient (Wildman–Crippen LogP) is 1.80. The fourth-order valence-corrected chi connectivity index (χ4v) is 4.09. The fourth-order valence-electron chi connectivity index (χ4n) is 4.09. The molecule has 2 aliphatic heterocycles. The smallest absolute Gasteiger partial charge is 0.251 e. The highest BCUT2D eigenvalue weighted by Gasteiger charge is 2.30. The van der Waals surface area contributed by atoms with Crippen molar-refractivity contribution in [3.63, 3.8) is 0 Å². The van der Waals surface area contributed by atoms with Crippen LogP contribution in [0.25, 0.3) is 0 Å². The number of benzene rings is 1. The van der Waals surface area contributed by atoms with Gasteiger partial charge in [0.25, 0.3) is 5.91 Å². The minimum absolute atomic E-state index is 0.158. The summed E-state index contributed by atoms with van der Waals surface area (Å²) < 4.78 is 5.55. The van der Waals surface area contributed by atoms with Crippen LogP contribution in [0, 0.1) is 0 Å². The van der Waals surface area contributed by atoms with Gasteiger partial charge in [-0.05, 0) is 38.8 Å². The molecule has 3 rings (SSSR count). The zero-order valence-corrected chi connectivity index (χ0v) is 18.7. The summed E-state index contributed by atoms with van der Waals surface area (Å²) in [5.74, 6) is 1.09. The highest BCUT2D eigenvalue weighted by molar-refractivity contribution is 5.82. The minimum atomic E-state index is -0.219. The first-order chi connectivity index (χ1) is 14.6. The van der Waals surface area contributed by atoms with Crippen LogP contribution in [0.1, 0.15) is 31.7 Å². The molecule has 30 heavy (non-hydrogen) atoms. The van der Waals surface area contributed by atoms with E-state index in [0.717, 1.165) is 64.5 Å². The lowest BCUT2D eigenvalue weighted by Crippen LogP contribution is -2.55. The van der Waals surface area contributed by atoms with E-state index in [1.807, 2.05) is 11.9 Å². The Morgan fingerprint density at radius 1 is 1.23 bits per heavy atom. The van der Waals surface area contributed by atoms with E-state index in [0.29, 0.717) is 12.6 Å². The minimum Gasteiger partial charge on any atom is -0.368 e. The van der Waals surface area contributed by atoms with Crippen molar-refractivity contribution in [3.05, 3.63) is 35.9 Å². The first kappa shape index (κ1) is 22.6. The van der Waals surface area contributed by atoms with Gasteiger partial charge in [-0.15, -0.1) is 0 Å². The molecule has 2 aliphatic rings. The van der Waals surface area contributed by atoms with Crippen LogP contribution < -0.4 is 5.32 Å². The van der Waals surface area contributed by atoms with Gasteiger partial charge >= 0.3 is 0 Å². The highest BCUT2D eigenvalue weighted by Crippen LogP contribution is 2.16. The van der Waals surface area contributed by atoms with Crippen molar-refractivity contribution < 1.29 is 9.53 Å². The number of piperazine rings is 1. The van der Waals surface area contributed by atoms with Crippen LogP contribution >= 0.6 is 0 Å². The standard InChI is InChI=1S/C23H37N5O2/c1-19(26(3)18-20-8-5-4-6-9-20)11-12-25-23(24-2)28-15-13-27(14-16-28)22(29)21-10-7-17-30-21/h4-6,8-9,19,21H,7,10-18H2,1-3H3,(H,24,25). The molecule has 0 aliphatic carbocycles. The SMILES string of the molecule is CN=C(NCCC(C)N(C)Cc1ccccc1)N1CCN(C(=O)C2CCCO2)CC1. The second kappa shape index (κ2) is 11.3. The van der Waals surface area contributed by atoms with E-state index in [-0.39, 0.29) is 12.0 Å². The van der Waals surface area contributed by atoms with Gasteiger partial charge in [0.05, 0.1) is 0 Å². The molecule has 1 aromatic carbocycles. The Hall–Kier alpha value is -2.12. The Bertz CT molecular complexity index is 682. The zero-order chi connectivity index (χ0) is 21.3. The number of hydrogen-bond acceptors (Lipinski definition) is 4. The number of ether oxygens (including phenoxy) is 1. The molecule has 2 saturated heterocycles. The lowest BCUT2D eigenvalue weighted by atomic mass is 10.1.